The van der Waals surface area contributed by atoms with E-state index in [1.165, 1.54) is 12.8 Å². The van der Waals surface area contributed by atoms with Crippen molar-refractivity contribution in [1.29, 1.82) is 0 Å². The first kappa shape index (κ1) is 15.9. The first-order valence-electron chi connectivity index (χ1n) is 7.61. The van der Waals surface area contributed by atoms with Gasteiger partial charge in [0, 0.05) is 31.7 Å². The molecular formula is C17H22N4O. The summed E-state index contributed by atoms with van der Waals surface area (Å²) in [6.07, 6.45) is 6.60. The Labute approximate surface area is 131 Å². The Morgan fingerprint density at radius 1 is 1.14 bits per heavy atom. The molecule has 1 aromatic carbocycles. The number of anilines is 2. The van der Waals surface area contributed by atoms with Crippen molar-refractivity contribution in [2.24, 2.45) is 0 Å². The minimum Gasteiger partial charge on any atom is -0.354 e. The van der Waals surface area contributed by atoms with Gasteiger partial charge in [-0.1, -0.05) is 38.0 Å². The fourth-order valence-corrected chi connectivity index (χ4v) is 2.07. The number of nitrogens with zero attached hydrogens (tertiary/aromatic N) is 3. The van der Waals surface area contributed by atoms with Gasteiger partial charge in [-0.15, -0.1) is 0 Å². The molecule has 1 amide bonds. The van der Waals surface area contributed by atoms with Crippen LogP contribution in [0, 0.1) is 0 Å². The van der Waals surface area contributed by atoms with E-state index >= 15 is 0 Å². The topological polar surface area (TPSA) is 58.1 Å². The smallest absolute Gasteiger partial charge is 0.261 e. The zero-order chi connectivity index (χ0) is 15.8. The lowest BCUT2D eigenvalue weighted by Gasteiger charge is -2.17. The Balaban J connectivity index is 1.96. The van der Waals surface area contributed by atoms with Gasteiger partial charge in [0.25, 0.3) is 5.91 Å². The Morgan fingerprint density at radius 3 is 2.45 bits per heavy atom. The molecule has 0 saturated carbocycles. The third-order valence-electron chi connectivity index (χ3n) is 3.41. The number of carbonyl (C=O) groups is 1. The zero-order valence-corrected chi connectivity index (χ0v) is 13.1. The van der Waals surface area contributed by atoms with Crippen LogP contribution in [0.4, 0.5) is 11.6 Å². The molecule has 1 N–H and O–H groups in total. The van der Waals surface area contributed by atoms with E-state index in [1.807, 2.05) is 30.3 Å². The molecule has 22 heavy (non-hydrogen) atoms. The monoisotopic (exact) mass is 298 g/mol. The summed E-state index contributed by atoms with van der Waals surface area (Å²) in [6, 6.07) is 9.51. The summed E-state index contributed by atoms with van der Waals surface area (Å²) in [4.78, 5) is 22.4. The molecule has 5 heteroatoms. The maximum atomic E-state index is 12.4. The number of hydrogen-bond acceptors (Lipinski definition) is 4. The highest BCUT2D eigenvalue weighted by Gasteiger charge is 2.14. The first-order valence-corrected chi connectivity index (χ1v) is 7.61. The SMILES string of the molecule is CCCCCNc1ncc(C(=O)N(C)c2ccccc2)cn1. The first-order chi connectivity index (χ1) is 10.7. The molecule has 1 heterocycles. The Morgan fingerprint density at radius 2 is 1.82 bits per heavy atom. The second-order valence-electron chi connectivity index (χ2n) is 5.13. The number of carbonyl (C=O) groups excluding carboxylic acids is 1. The third kappa shape index (κ3) is 4.28. The molecule has 0 aliphatic rings. The minimum atomic E-state index is -0.122. The maximum Gasteiger partial charge on any atom is 0.261 e. The molecule has 2 aromatic rings. The van der Waals surface area contributed by atoms with Crippen LogP contribution >= 0.6 is 0 Å². The largest absolute Gasteiger partial charge is 0.354 e. The quantitative estimate of drug-likeness (QED) is 0.796. The highest BCUT2D eigenvalue weighted by atomic mass is 16.2. The number of amides is 1. The molecule has 5 nitrogen and oxygen atoms in total. The van der Waals surface area contributed by atoms with Gasteiger partial charge < -0.3 is 10.2 Å². The van der Waals surface area contributed by atoms with Crippen LogP contribution < -0.4 is 10.2 Å². The maximum absolute atomic E-state index is 12.4. The molecule has 0 aliphatic carbocycles. The van der Waals surface area contributed by atoms with E-state index in [0.717, 1.165) is 18.7 Å². The predicted molar refractivity (Wildman–Crippen MR) is 89.2 cm³/mol. The highest BCUT2D eigenvalue weighted by Crippen LogP contribution is 2.14. The van der Waals surface area contributed by atoms with Crippen LogP contribution in [0.3, 0.4) is 0 Å². The fourth-order valence-electron chi connectivity index (χ4n) is 2.07. The van der Waals surface area contributed by atoms with Crippen molar-refractivity contribution in [3.8, 4) is 0 Å². The molecule has 0 radical (unpaired) electrons. The van der Waals surface area contributed by atoms with Crippen LogP contribution in [0.15, 0.2) is 42.7 Å². The van der Waals surface area contributed by atoms with Crippen molar-refractivity contribution in [3.05, 3.63) is 48.3 Å². The van der Waals surface area contributed by atoms with Gasteiger partial charge in [0.15, 0.2) is 0 Å². The van der Waals surface area contributed by atoms with Crippen molar-refractivity contribution in [2.45, 2.75) is 26.2 Å². The summed E-state index contributed by atoms with van der Waals surface area (Å²) in [5.74, 6) is 0.443. The van der Waals surface area contributed by atoms with E-state index in [4.69, 9.17) is 0 Å². The standard InChI is InChI=1S/C17H22N4O/c1-3-4-8-11-18-17-19-12-14(13-20-17)16(22)21(2)15-9-6-5-7-10-15/h5-7,9-10,12-13H,3-4,8,11H2,1-2H3,(H,18,19,20). The molecule has 0 saturated heterocycles. The molecule has 0 atom stereocenters. The molecule has 0 unspecified atom stereocenters. The van der Waals surface area contributed by atoms with Crippen molar-refractivity contribution < 1.29 is 4.79 Å². The van der Waals surface area contributed by atoms with Gasteiger partial charge in [-0.25, -0.2) is 9.97 Å². The third-order valence-corrected chi connectivity index (χ3v) is 3.41. The normalized spacial score (nSPS) is 10.3. The van der Waals surface area contributed by atoms with Gasteiger partial charge in [0.1, 0.15) is 0 Å². The van der Waals surface area contributed by atoms with Crippen molar-refractivity contribution in [2.75, 3.05) is 23.8 Å². The molecule has 0 spiro atoms. The van der Waals surface area contributed by atoms with Crippen LogP contribution in [-0.2, 0) is 0 Å². The fraction of sp³-hybridized carbons (Fsp3) is 0.353. The highest BCUT2D eigenvalue weighted by molar-refractivity contribution is 6.05. The zero-order valence-electron chi connectivity index (χ0n) is 13.1. The number of benzene rings is 1. The summed E-state index contributed by atoms with van der Waals surface area (Å²) < 4.78 is 0. The number of unbranched alkanes of at least 4 members (excludes halogenated alkanes) is 2. The predicted octanol–water partition coefficient (Wildman–Crippen LogP) is 3.36. The van der Waals surface area contributed by atoms with Gasteiger partial charge >= 0.3 is 0 Å². The number of rotatable bonds is 7. The van der Waals surface area contributed by atoms with E-state index in [9.17, 15) is 4.79 Å². The molecule has 0 bridgehead atoms. The number of nitrogens with one attached hydrogen (secondary N) is 1. The molecular weight excluding hydrogens is 276 g/mol. The minimum absolute atomic E-state index is 0.122. The lowest BCUT2D eigenvalue weighted by Crippen LogP contribution is -2.26. The second-order valence-corrected chi connectivity index (χ2v) is 5.13. The summed E-state index contributed by atoms with van der Waals surface area (Å²) in [7, 11) is 1.74. The summed E-state index contributed by atoms with van der Waals surface area (Å²) >= 11 is 0. The van der Waals surface area contributed by atoms with Crippen LogP contribution in [0.1, 0.15) is 36.5 Å². The van der Waals surface area contributed by atoms with E-state index in [1.54, 1.807) is 24.3 Å². The van der Waals surface area contributed by atoms with E-state index in [-0.39, 0.29) is 5.91 Å². The van der Waals surface area contributed by atoms with Crippen molar-refractivity contribution in [3.63, 3.8) is 0 Å². The Hall–Kier alpha value is -2.43. The average molecular weight is 298 g/mol. The Kier molecular flexibility index (Phi) is 5.89. The van der Waals surface area contributed by atoms with Gasteiger partial charge in [-0.05, 0) is 18.6 Å². The number of aromatic nitrogens is 2. The van der Waals surface area contributed by atoms with Gasteiger partial charge in [0.05, 0.1) is 5.56 Å². The number of hydrogen-bond donors (Lipinski definition) is 1. The lowest BCUT2D eigenvalue weighted by atomic mass is 10.2. The second kappa shape index (κ2) is 8.12. The van der Waals surface area contributed by atoms with Crippen molar-refractivity contribution in [1.82, 2.24) is 9.97 Å². The molecule has 0 aliphatic heterocycles. The summed E-state index contributed by atoms with van der Waals surface area (Å²) in [5.41, 5.74) is 1.32. The average Bonchev–Trinajstić information content (AvgIpc) is 2.59. The summed E-state index contributed by atoms with van der Waals surface area (Å²) in [6.45, 7) is 3.02. The van der Waals surface area contributed by atoms with Gasteiger partial charge in [0.2, 0.25) is 5.95 Å². The van der Waals surface area contributed by atoms with E-state index in [2.05, 4.69) is 22.2 Å². The van der Waals surface area contributed by atoms with E-state index in [0.29, 0.717) is 11.5 Å². The van der Waals surface area contributed by atoms with Crippen molar-refractivity contribution >= 4 is 17.5 Å². The van der Waals surface area contributed by atoms with Crippen LogP contribution in [0.5, 0.6) is 0 Å². The van der Waals surface area contributed by atoms with Crippen LogP contribution in [0.25, 0.3) is 0 Å². The molecule has 0 fully saturated rings. The van der Waals surface area contributed by atoms with Crippen LogP contribution in [0.2, 0.25) is 0 Å². The molecule has 2 rings (SSSR count). The summed E-state index contributed by atoms with van der Waals surface area (Å²) in [5, 5.41) is 3.16. The van der Waals surface area contributed by atoms with Gasteiger partial charge in [-0.2, -0.15) is 0 Å². The Bertz CT molecular complexity index is 583. The molecule has 116 valence electrons. The number of para-hydroxylation sites is 1. The van der Waals surface area contributed by atoms with Crippen LogP contribution in [-0.4, -0.2) is 29.5 Å². The lowest BCUT2D eigenvalue weighted by molar-refractivity contribution is 0.0992. The molecule has 1 aromatic heterocycles. The van der Waals surface area contributed by atoms with Gasteiger partial charge in [-0.3, -0.25) is 4.79 Å². The van der Waals surface area contributed by atoms with E-state index < -0.39 is 0 Å².